The molecule has 0 spiro atoms. The summed E-state index contributed by atoms with van der Waals surface area (Å²) in [6.45, 7) is 5.17. The molecule has 2 rings (SSSR count). The van der Waals surface area contributed by atoms with Crippen LogP contribution in [0.2, 0.25) is 0 Å². The Bertz CT molecular complexity index is 572. The molecule has 0 fully saturated rings. The predicted octanol–water partition coefficient (Wildman–Crippen LogP) is 2.51. The van der Waals surface area contributed by atoms with E-state index in [1.54, 1.807) is 0 Å². The Hall–Kier alpha value is -1.14. The standard InChI is InChI=1S/C14H22BrN5/c1-5-6-16-11(14-17-7-8-19(14)3)9-12-13(15)10(2)18-20(12)4/h7-8,11,16H,5-6,9H2,1-4H3. The van der Waals surface area contributed by atoms with Gasteiger partial charge < -0.3 is 9.88 Å². The van der Waals surface area contributed by atoms with E-state index in [0.717, 1.165) is 35.4 Å². The number of nitrogens with one attached hydrogen (secondary N) is 1. The molecule has 1 N–H and O–H groups in total. The van der Waals surface area contributed by atoms with Crippen molar-refractivity contribution in [2.24, 2.45) is 14.1 Å². The van der Waals surface area contributed by atoms with Crippen LogP contribution in [0.25, 0.3) is 0 Å². The smallest absolute Gasteiger partial charge is 0.125 e. The summed E-state index contributed by atoms with van der Waals surface area (Å²) in [6, 6.07) is 0.195. The Morgan fingerprint density at radius 3 is 2.65 bits per heavy atom. The first kappa shape index (κ1) is 15.3. The van der Waals surface area contributed by atoms with Crippen LogP contribution < -0.4 is 5.32 Å². The summed E-state index contributed by atoms with van der Waals surface area (Å²) in [5.74, 6) is 1.06. The predicted molar refractivity (Wildman–Crippen MR) is 83.6 cm³/mol. The first-order valence-electron chi connectivity index (χ1n) is 6.93. The van der Waals surface area contributed by atoms with Gasteiger partial charge in [0.25, 0.3) is 0 Å². The Balaban J connectivity index is 2.26. The van der Waals surface area contributed by atoms with E-state index in [0.29, 0.717) is 0 Å². The number of hydrogen-bond acceptors (Lipinski definition) is 3. The van der Waals surface area contributed by atoms with Gasteiger partial charge in [0.15, 0.2) is 0 Å². The summed E-state index contributed by atoms with van der Waals surface area (Å²) < 4.78 is 5.12. The molecule has 6 heteroatoms. The van der Waals surface area contributed by atoms with Crippen molar-refractivity contribution >= 4 is 15.9 Å². The van der Waals surface area contributed by atoms with Gasteiger partial charge in [-0.15, -0.1) is 0 Å². The highest BCUT2D eigenvalue weighted by molar-refractivity contribution is 9.10. The van der Waals surface area contributed by atoms with Gasteiger partial charge in [0, 0.05) is 32.9 Å². The van der Waals surface area contributed by atoms with E-state index in [1.807, 2.05) is 38.1 Å². The average molecular weight is 340 g/mol. The quantitative estimate of drug-likeness (QED) is 0.879. The fourth-order valence-electron chi connectivity index (χ4n) is 2.38. The molecule has 5 nitrogen and oxygen atoms in total. The van der Waals surface area contributed by atoms with Gasteiger partial charge in [0.2, 0.25) is 0 Å². The highest BCUT2D eigenvalue weighted by Crippen LogP contribution is 2.25. The minimum absolute atomic E-state index is 0.195. The van der Waals surface area contributed by atoms with E-state index in [9.17, 15) is 0 Å². The lowest BCUT2D eigenvalue weighted by atomic mass is 10.1. The maximum atomic E-state index is 4.49. The highest BCUT2D eigenvalue weighted by Gasteiger charge is 2.20. The lowest BCUT2D eigenvalue weighted by Crippen LogP contribution is -2.27. The van der Waals surface area contributed by atoms with E-state index in [1.165, 1.54) is 5.69 Å². The highest BCUT2D eigenvalue weighted by atomic mass is 79.9. The number of hydrogen-bond donors (Lipinski definition) is 1. The van der Waals surface area contributed by atoms with Gasteiger partial charge in [-0.05, 0) is 35.8 Å². The summed E-state index contributed by atoms with van der Waals surface area (Å²) in [7, 11) is 4.02. The average Bonchev–Trinajstić information content (AvgIpc) is 2.93. The summed E-state index contributed by atoms with van der Waals surface area (Å²) in [4.78, 5) is 4.49. The molecule has 0 aliphatic heterocycles. The first-order valence-corrected chi connectivity index (χ1v) is 7.72. The summed E-state index contributed by atoms with van der Waals surface area (Å²) >= 11 is 3.64. The van der Waals surface area contributed by atoms with Crippen molar-refractivity contribution < 1.29 is 0 Å². The number of nitrogens with zero attached hydrogens (tertiary/aromatic N) is 4. The van der Waals surface area contributed by atoms with E-state index < -0.39 is 0 Å². The minimum Gasteiger partial charge on any atom is -0.337 e. The molecule has 1 unspecified atom stereocenters. The van der Waals surface area contributed by atoms with Crippen molar-refractivity contribution in [3.63, 3.8) is 0 Å². The molecule has 2 aromatic rings. The third-order valence-electron chi connectivity index (χ3n) is 3.47. The summed E-state index contributed by atoms with van der Waals surface area (Å²) in [5.41, 5.74) is 2.22. The third-order valence-corrected chi connectivity index (χ3v) is 4.50. The molecule has 0 bridgehead atoms. The van der Waals surface area contributed by atoms with Gasteiger partial charge in [-0.3, -0.25) is 4.68 Å². The molecule has 110 valence electrons. The zero-order valence-corrected chi connectivity index (χ0v) is 14.1. The van der Waals surface area contributed by atoms with Crippen LogP contribution in [-0.2, 0) is 20.5 Å². The van der Waals surface area contributed by atoms with Crippen LogP contribution in [0.1, 0.15) is 36.6 Å². The van der Waals surface area contributed by atoms with Crippen LogP contribution in [0.15, 0.2) is 16.9 Å². The molecule has 1 atom stereocenters. The zero-order valence-electron chi connectivity index (χ0n) is 12.5. The number of halogens is 1. The van der Waals surface area contributed by atoms with Crippen molar-refractivity contribution in [2.75, 3.05) is 6.54 Å². The van der Waals surface area contributed by atoms with Crippen molar-refractivity contribution in [1.82, 2.24) is 24.6 Å². The van der Waals surface area contributed by atoms with Gasteiger partial charge in [0.05, 0.1) is 21.9 Å². The molecular formula is C14H22BrN5. The third kappa shape index (κ3) is 3.12. The lowest BCUT2D eigenvalue weighted by Gasteiger charge is -2.18. The molecule has 0 radical (unpaired) electrons. The van der Waals surface area contributed by atoms with Crippen LogP contribution >= 0.6 is 15.9 Å². The van der Waals surface area contributed by atoms with Crippen LogP contribution in [0.4, 0.5) is 0 Å². The second-order valence-electron chi connectivity index (χ2n) is 5.08. The molecule has 0 saturated carbocycles. The minimum atomic E-state index is 0.195. The van der Waals surface area contributed by atoms with E-state index in [4.69, 9.17) is 0 Å². The van der Waals surface area contributed by atoms with Gasteiger partial charge in [0.1, 0.15) is 5.82 Å². The van der Waals surface area contributed by atoms with Crippen LogP contribution in [0, 0.1) is 6.92 Å². The van der Waals surface area contributed by atoms with Crippen LogP contribution in [-0.4, -0.2) is 25.9 Å². The summed E-state index contributed by atoms with van der Waals surface area (Å²) in [6.07, 6.45) is 5.80. The SMILES string of the molecule is CCCNC(Cc1c(Br)c(C)nn1C)c1nccn1C. The molecular weight excluding hydrogens is 318 g/mol. The Morgan fingerprint density at radius 1 is 1.40 bits per heavy atom. The molecule has 0 aliphatic rings. The monoisotopic (exact) mass is 339 g/mol. The Morgan fingerprint density at radius 2 is 2.15 bits per heavy atom. The molecule has 0 aromatic carbocycles. The van der Waals surface area contributed by atoms with Crippen molar-refractivity contribution in [1.29, 1.82) is 0 Å². The van der Waals surface area contributed by atoms with E-state index >= 15 is 0 Å². The Labute approximate surface area is 128 Å². The molecule has 2 aromatic heterocycles. The van der Waals surface area contributed by atoms with Crippen LogP contribution in [0.5, 0.6) is 0 Å². The number of aromatic nitrogens is 4. The van der Waals surface area contributed by atoms with Crippen molar-refractivity contribution in [3.05, 3.63) is 34.1 Å². The lowest BCUT2D eigenvalue weighted by molar-refractivity contribution is 0.478. The number of aryl methyl sites for hydroxylation is 3. The fraction of sp³-hybridized carbons (Fsp3) is 0.571. The number of rotatable bonds is 6. The Kier molecular flexibility index (Phi) is 4.99. The van der Waals surface area contributed by atoms with Crippen LogP contribution in [0.3, 0.4) is 0 Å². The molecule has 2 heterocycles. The molecule has 0 aliphatic carbocycles. The number of imidazole rings is 1. The zero-order chi connectivity index (χ0) is 14.7. The maximum absolute atomic E-state index is 4.49. The first-order chi connectivity index (χ1) is 9.54. The van der Waals surface area contributed by atoms with E-state index in [2.05, 4.69) is 42.8 Å². The second-order valence-corrected chi connectivity index (χ2v) is 5.87. The summed E-state index contributed by atoms with van der Waals surface area (Å²) in [5, 5.41) is 8.04. The van der Waals surface area contributed by atoms with Gasteiger partial charge in [-0.1, -0.05) is 6.92 Å². The van der Waals surface area contributed by atoms with Gasteiger partial charge in [-0.25, -0.2) is 4.98 Å². The second kappa shape index (κ2) is 6.54. The largest absolute Gasteiger partial charge is 0.337 e. The normalized spacial score (nSPS) is 12.8. The van der Waals surface area contributed by atoms with Crippen molar-refractivity contribution in [2.45, 2.75) is 32.7 Å². The molecule has 0 saturated heterocycles. The van der Waals surface area contributed by atoms with Gasteiger partial charge >= 0.3 is 0 Å². The fourth-order valence-corrected chi connectivity index (χ4v) is 2.88. The molecule has 20 heavy (non-hydrogen) atoms. The maximum Gasteiger partial charge on any atom is 0.125 e. The topological polar surface area (TPSA) is 47.7 Å². The van der Waals surface area contributed by atoms with Crippen molar-refractivity contribution in [3.8, 4) is 0 Å². The van der Waals surface area contributed by atoms with Gasteiger partial charge in [-0.2, -0.15) is 5.10 Å². The molecule has 0 amide bonds. The van der Waals surface area contributed by atoms with E-state index in [-0.39, 0.29) is 6.04 Å².